The molecule has 0 radical (unpaired) electrons. The number of fused-ring (bicyclic) bond motifs is 1. The minimum Gasteiger partial charge on any atom is -0.454 e. The first kappa shape index (κ1) is 21.9. The summed E-state index contributed by atoms with van der Waals surface area (Å²) in [5, 5.41) is 17.0. The molecule has 1 amide bonds. The number of rotatable bonds is 6. The number of anilines is 2. The maximum absolute atomic E-state index is 13.1. The van der Waals surface area contributed by atoms with E-state index < -0.39 is 15.9 Å². The Kier molecular flexibility index (Phi) is 5.72. The fourth-order valence-electron chi connectivity index (χ4n) is 3.12. The summed E-state index contributed by atoms with van der Waals surface area (Å²) < 4.78 is 43.7. The van der Waals surface area contributed by atoms with Gasteiger partial charge in [-0.25, -0.2) is 13.1 Å². The van der Waals surface area contributed by atoms with E-state index in [4.69, 9.17) is 25.6 Å². The summed E-state index contributed by atoms with van der Waals surface area (Å²) in [6.45, 7) is 3.30. The Bertz CT molecular complexity index is 1370. The fourth-order valence-corrected chi connectivity index (χ4v) is 5.61. The molecule has 0 unspecified atom stereocenters. The molecule has 4 rings (SSSR count). The quantitative estimate of drug-likeness (QED) is 0.525. The van der Waals surface area contributed by atoms with Crippen LogP contribution in [-0.2, 0) is 16.4 Å². The number of nitrogens with one attached hydrogen (secondary N) is 2. The number of nitriles is 1. The number of carbonyl (C=O) groups is 1. The number of nitrogens with zero attached hydrogens (tertiary/aromatic N) is 2. The Labute approximate surface area is 191 Å². The van der Waals surface area contributed by atoms with Crippen LogP contribution in [0.2, 0.25) is 5.02 Å². The number of benzene rings is 1. The van der Waals surface area contributed by atoms with Crippen molar-refractivity contribution in [1.29, 1.82) is 5.26 Å². The van der Waals surface area contributed by atoms with Gasteiger partial charge in [0.2, 0.25) is 6.79 Å². The van der Waals surface area contributed by atoms with Crippen molar-refractivity contribution in [3.8, 4) is 17.6 Å². The van der Waals surface area contributed by atoms with E-state index in [-0.39, 0.29) is 33.9 Å². The molecule has 1 aromatic carbocycles. The predicted octanol–water partition coefficient (Wildman–Crippen LogP) is 3.85. The molecule has 166 valence electrons. The van der Waals surface area contributed by atoms with Gasteiger partial charge < -0.3 is 19.3 Å². The minimum absolute atomic E-state index is 0.00753. The molecule has 0 saturated heterocycles. The highest BCUT2D eigenvalue weighted by Gasteiger charge is 2.29. The second-order valence-electron chi connectivity index (χ2n) is 6.69. The van der Waals surface area contributed by atoms with Crippen LogP contribution in [0.15, 0.2) is 26.9 Å². The van der Waals surface area contributed by atoms with Crippen molar-refractivity contribution in [2.24, 2.45) is 0 Å². The van der Waals surface area contributed by atoms with Crippen molar-refractivity contribution in [3.05, 3.63) is 44.2 Å². The van der Waals surface area contributed by atoms with Crippen molar-refractivity contribution >= 4 is 50.4 Å². The molecule has 0 fully saturated rings. The highest BCUT2D eigenvalue weighted by atomic mass is 35.5. The number of aryl methyl sites for hydroxylation is 1. The molecule has 2 aromatic heterocycles. The Morgan fingerprint density at radius 3 is 2.84 bits per heavy atom. The molecule has 32 heavy (non-hydrogen) atoms. The normalized spacial score (nSPS) is 12.4. The summed E-state index contributed by atoms with van der Waals surface area (Å²) in [4.78, 5) is 12.7. The van der Waals surface area contributed by atoms with Crippen molar-refractivity contribution in [2.45, 2.75) is 25.2 Å². The molecule has 0 saturated carbocycles. The third-order valence-electron chi connectivity index (χ3n) is 4.63. The number of carbonyl (C=O) groups excluding carboxylic acids is 1. The standard InChI is InChI=1S/C19H15ClN4O6S2/c1-9-15(11(3-5-21)7-12-16(9)29-8-28-12)22-18(25)17-13(4-6-31-17)32(26,27)24-19-14(20)10(2)23-30-19/h4,6-7,24H,3,8H2,1-2H3,(H,22,25). The van der Waals surface area contributed by atoms with Crippen molar-refractivity contribution < 1.29 is 27.2 Å². The van der Waals surface area contributed by atoms with E-state index in [1.165, 1.54) is 11.4 Å². The molecule has 0 spiro atoms. The van der Waals surface area contributed by atoms with Crippen molar-refractivity contribution in [1.82, 2.24) is 5.16 Å². The zero-order valence-corrected chi connectivity index (χ0v) is 19.1. The summed E-state index contributed by atoms with van der Waals surface area (Å²) in [6, 6.07) is 4.96. The van der Waals surface area contributed by atoms with Gasteiger partial charge in [0.05, 0.1) is 18.2 Å². The van der Waals surface area contributed by atoms with Crippen LogP contribution in [0.25, 0.3) is 0 Å². The van der Waals surface area contributed by atoms with Crippen LogP contribution >= 0.6 is 22.9 Å². The molecular weight excluding hydrogens is 480 g/mol. The molecule has 10 nitrogen and oxygen atoms in total. The first-order valence-electron chi connectivity index (χ1n) is 9.05. The SMILES string of the molecule is Cc1noc(NS(=O)(=O)c2ccsc2C(=O)Nc2c(CC#N)cc3c(c2C)OCO3)c1Cl. The summed E-state index contributed by atoms with van der Waals surface area (Å²) >= 11 is 6.93. The van der Waals surface area contributed by atoms with E-state index in [2.05, 4.69) is 15.2 Å². The largest absolute Gasteiger partial charge is 0.454 e. The lowest BCUT2D eigenvalue weighted by Crippen LogP contribution is -2.19. The second-order valence-corrected chi connectivity index (χ2v) is 9.63. The molecule has 2 N–H and O–H groups in total. The van der Waals surface area contributed by atoms with Crippen LogP contribution in [0.4, 0.5) is 11.6 Å². The molecule has 1 aliphatic heterocycles. The number of ether oxygens (including phenoxy) is 2. The van der Waals surface area contributed by atoms with Crippen molar-refractivity contribution in [2.75, 3.05) is 16.8 Å². The van der Waals surface area contributed by atoms with Gasteiger partial charge in [0.25, 0.3) is 21.8 Å². The predicted molar refractivity (Wildman–Crippen MR) is 116 cm³/mol. The maximum Gasteiger partial charge on any atom is 0.267 e. The highest BCUT2D eigenvalue weighted by Crippen LogP contribution is 2.42. The van der Waals surface area contributed by atoms with Crippen LogP contribution in [0.3, 0.4) is 0 Å². The number of hydrogen-bond acceptors (Lipinski definition) is 9. The molecule has 1 aliphatic rings. The van der Waals surface area contributed by atoms with Gasteiger partial charge in [-0.2, -0.15) is 5.26 Å². The molecule has 0 aliphatic carbocycles. The third kappa shape index (κ3) is 3.86. The zero-order valence-electron chi connectivity index (χ0n) is 16.7. The molecule has 0 bridgehead atoms. The van der Waals surface area contributed by atoms with E-state index in [9.17, 15) is 18.5 Å². The Morgan fingerprint density at radius 1 is 1.38 bits per heavy atom. The molecule has 3 heterocycles. The van der Waals surface area contributed by atoms with Gasteiger partial charge in [-0.3, -0.25) is 4.79 Å². The zero-order chi connectivity index (χ0) is 23.0. The van der Waals surface area contributed by atoms with E-state index >= 15 is 0 Å². The number of hydrogen-bond donors (Lipinski definition) is 2. The van der Waals surface area contributed by atoms with Gasteiger partial charge in [-0.05, 0) is 36.9 Å². The van der Waals surface area contributed by atoms with E-state index in [1.54, 1.807) is 19.9 Å². The van der Waals surface area contributed by atoms with Gasteiger partial charge in [-0.1, -0.05) is 16.8 Å². The highest BCUT2D eigenvalue weighted by molar-refractivity contribution is 7.93. The van der Waals surface area contributed by atoms with Crippen molar-refractivity contribution in [3.63, 3.8) is 0 Å². The lowest BCUT2D eigenvalue weighted by Gasteiger charge is -2.15. The lowest BCUT2D eigenvalue weighted by atomic mass is 10.0. The molecular formula is C19H15ClN4O6S2. The number of sulfonamides is 1. The fraction of sp³-hybridized carbons (Fsp3) is 0.211. The molecule has 13 heteroatoms. The van der Waals surface area contributed by atoms with E-state index in [0.717, 1.165) is 11.3 Å². The molecule has 0 atom stereocenters. The number of amides is 1. The second kappa shape index (κ2) is 8.34. The Balaban J connectivity index is 1.66. The van der Waals surface area contributed by atoms with Gasteiger partial charge in [0.15, 0.2) is 11.5 Å². The van der Waals surface area contributed by atoms with Gasteiger partial charge in [0.1, 0.15) is 20.5 Å². The topological polar surface area (TPSA) is 144 Å². The van der Waals surface area contributed by atoms with E-state index in [1.807, 2.05) is 6.07 Å². The Hall–Kier alpha value is -3.27. The number of thiophene rings is 1. The third-order valence-corrected chi connectivity index (χ3v) is 7.50. The van der Waals surface area contributed by atoms with Crippen LogP contribution in [0.1, 0.15) is 26.5 Å². The lowest BCUT2D eigenvalue weighted by molar-refractivity contribution is 0.102. The summed E-state index contributed by atoms with van der Waals surface area (Å²) in [6.07, 6.45) is 0.00753. The summed E-state index contributed by atoms with van der Waals surface area (Å²) in [5.74, 6) is 0.0256. The van der Waals surface area contributed by atoms with Crippen LogP contribution in [0.5, 0.6) is 11.5 Å². The first-order valence-corrected chi connectivity index (χ1v) is 11.8. The minimum atomic E-state index is -4.20. The summed E-state index contributed by atoms with van der Waals surface area (Å²) in [5.41, 5.74) is 1.77. The van der Waals surface area contributed by atoms with Gasteiger partial charge in [-0.15, -0.1) is 11.3 Å². The maximum atomic E-state index is 13.1. The van der Waals surface area contributed by atoms with Crippen LogP contribution < -0.4 is 19.5 Å². The van der Waals surface area contributed by atoms with E-state index in [0.29, 0.717) is 34.0 Å². The molecule has 3 aromatic rings. The number of aromatic nitrogens is 1. The first-order chi connectivity index (χ1) is 15.2. The smallest absolute Gasteiger partial charge is 0.267 e. The van der Waals surface area contributed by atoms with Gasteiger partial charge >= 0.3 is 0 Å². The average molecular weight is 495 g/mol. The van der Waals surface area contributed by atoms with Crippen LogP contribution in [-0.4, -0.2) is 26.3 Å². The monoisotopic (exact) mass is 494 g/mol. The summed E-state index contributed by atoms with van der Waals surface area (Å²) in [7, 11) is -4.20. The average Bonchev–Trinajstić information content (AvgIpc) is 3.48. The van der Waals surface area contributed by atoms with Crippen LogP contribution in [0, 0.1) is 25.2 Å². The Morgan fingerprint density at radius 2 is 2.16 bits per heavy atom. The van der Waals surface area contributed by atoms with Gasteiger partial charge in [0, 0.05) is 5.56 Å². The number of halogens is 1.